The number of benzene rings is 1. The fourth-order valence-electron chi connectivity index (χ4n) is 2.41. The van der Waals surface area contributed by atoms with Gasteiger partial charge < -0.3 is 15.0 Å². The van der Waals surface area contributed by atoms with E-state index >= 15 is 0 Å². The Morgan fingerprint density at radius 1 is 1.35 bits per heavy atom. The quantitative estimate of drug-likeness (QED) is 0.376. The van der Waals surface area contributed by atoms with E-state index in [4.69, 9.17) is 4.74 Å². The number of aromatic nitrogens is 2. The molecule has 0 aliphatic rings. The normalized spacial score (nSPS) is 11.2. The molecule has 1 aromatic heterocycles. The van der Waals surface area contributed by atoms with Gasteiger partial charge in [0.15, 0.2) is 5.96 Å². The fraction of sp³-hybridized carbons (Fsp3) is 0.412. The Hall–Kier alpha value is -1.91. The van der Waals surface area contributed by atoms with Crippen LogP contribution in [-0.4, -0.2) is 41.1 Å². The van der Waals surface area contributed by atoms with Gasteiger partial charge in [-0.25, -0.2) is 4.98 Å². The Morgan fingerprint density at radius 2 is 2.04 bits per heavy atom. The minimum atomic E-state index is -2.61. The van der Waals surface area contributed by atoms with Crippen LogP contribution in [0, 0.1) is 0 Å². The predicted molar refractivity (Wildman–Crippen MR) is 108 cm³/mol. The smallest absolute Gasteiger partial charge is 0.319 e. The van der Waals surface area contributed by atoms with E-state index in [1.807, 2.05) is 43.1 Å². The molecule has 26 heavy (non-hydrogen) atoms. The Bertz CT molecular complexity index is 691. The fourth-order valence-corrected chi connectivity index (χ4v) is 2.41. The van der Waals surface area contributed by atoms with E-state index in [0.717, 1.165) is 15.9 Å². The van der Waals surface area contributed by atoms with E-state index in [1.165, 1.54) is 12.4 Å². The van der Waals surface area contributed by atoms with Crippen molar-refractivity contribution in [1.29, 1.82) is 0 Å². The van der Waals surface area contributed by atoms with Crippen LogP contribution in [0.3, 0.4) is 0 Å². The lowest BCUT2D eigenvalue weighted by Crippen LogP contribution is -2.38. The van der Waals surface area contributed by atoms with Crippen molar-refractivity contribution >= 4 is 29.9 Å². The van der Waals surface area contributed by atoms with Crippen molar-refractivity contribution in [1.82, 2.24) is 19.8 Å². The van der Waals surface area contributed by atoms with Crippen molar-refractivity contribution in [2.24, 2.45) is 4.99 Å². The summed E-state index contributed by atoms with van der Waals surface area (Å²) in [7, 11) is 3.53. The first kappa shape index (κ1) is 22.1. The van der Waals surface area contributed by atoms with Crippen LogP contribution in [0.4, 0.5) is 8.78 Å². The summed E-state index contributed by atoms with van der Waals surface area (Å²) in [6.45, 7) is 0.747. The Balaban J connectivity index is 0.00000338. The SMILES string of the molecule is CCOc1ccc(CN(C)C(=NC)NCc2nccn2C(F)F)cc1.I. The first-order valence-electron chi connectivity index (χ1n) is 7.98. The van der Waals surface area contributed by atoms with Crippen molar-refractivity contribution in [2.45, 2.75) is 26.6 Å². The van der Waals surface area contributed by atoms with Gasteiger partial charge in [0, 0.05) is 33.0 Å². The molecule has 9 heteroatoms. The lowest BCUT2D eigenvalue weighted by Gasteiger charge is -2.22. The summed E-state index contributed by atoms with van der Waals surface area (Å²) in [6.07, 6.45) is 2.61. The van der Waals surface area contributed by atoms with E-state index in [0.29, 0.717) is 19.1 Å². The average Bonchev–Trinajstić information content (AvgIpc) is 3.06. The summed E-state index contributed by atoms with van der Waals surface area (Å²) < 4.78 is 31.9. The number of nitrogens with zero attached hydrogens (tertiary/aromatic N) is 4. The molecule has 1 N–H and O–H groups in total. The molecule has 2 aromatic rings. The molecule has 6 nitrogen and oxygen atoms in total. The van der Waals surface area contributed by atoms with Crippen LogP contribution < -0.4 is 10.1 Å². The number of guanidine groups is 1. The predicted octanol–water partition coefficient (Wildman–Crippen LogP) is 3.50. The Kier molecular flexibility index (Phi) is 9.31. The van der Waals surface area contributed by atoms with Crippen molar-refractivity contribution in [2.75, 3.05) is 20.7 Å². The standard InChI is InChI=1S/C17H23F2N5O.HI/c1-4-25-14-7-5-13(6-8-14)12-23(3)17(20-2)22-11-15-21-9-10-24(15)16(18)19;/h5-10,16H,4,11-12H2,1-3H3,(H,20,22);1H. The maximum Gasteiger partial charge on any atom is 0.319 e. The number of ether oxygens (including phenoxy) is 1. The molecule has 0 atom stereocenters. The van der Waals surface area contributed by atoms with Gasteiger partial charge >= 0.3 is 6.55 Å². The van der Waals surface area contributed by atoms with Crippen molar-refractivity contribution in [3.05, 3.63) is 48.0 Å². The summed E-state index contributed by atoms with van der Waals surface area (Å²) in [6, 6.07) is 7.81. The molecular formula is C17H24F2IN5O. The summed E-state index contributed by atoms with van der Waals surface area (Å²) in [5.74, 6) is 1.68. The number of aliphatic imine (C=N–C) groups is 1. The molecule has 0 saturated heterocycles. The summed E-state index contributed by atoms with van der Waals surface area (Å²) in [4.78, 5) is 10.0. The molecule has 2 rings (SSSR count). The van der Waals surface area contributed by atoms with Crippen LogP contribution >= 0.6 is 24.0 Å². The first-order chi connectivity index (χ1) is 12.0. The van der Waals surface area contributed by atoms with Gasteiger partial charge in [-0.3, -0.25) is 9.56 Å². The minimum Gasteiger partial charge on any atom is -0.494 e. The molecule has 1 aromatic carbocycles. The van der Waals surface area contributed by atoms with Crippen LogP contribution in [-0.2, 0) is 13.1 Å². The van der Waals surface area contributed by atoms with Gasteiger partial charge in [0.2, 0.25) is 0 Å². The van der Waals surface area contributed by atoms with Gasteiger partial charge in [-0.1, -0.05) is 12.1 Å². The molecule has 0 amide bonds. The first-order valence-corrected chi connectivity index (χ1v) is 7.98. The van der Waals surface area contributed by atoms with E-state index in [1.54, 1.807) is 7.05 Å². The number of imidazole rings is 1. The van der Waals surface area contributed by atoms with E-state index in [9.17, 15) is 8.78 Å². The highest BCUT2D eigenvalue weighted by Crippen LogP contribution is 2.14. The third-order valence-electron chi connectivity index (χ3n) is 3.59. The summed E-state index contributed by atoms with van der Waals surface area (Å²) in [5.41, 5.74) is 1.09. The maximum atomic E-state index is 12.8. The van der Waals surface area contributed by atoms with Gasteiger partial charge in [-0.2, -0.15) is 8.78 Å². The van der Waals surface area contributed by atoms with Gasteiger partial charge in [0.25, 0.3) is 0 Å². The van der Waals surface area contributed by atoms with Gasteiger partial charge in [0.05, 0.1) is 13.2 Å². The summed E-state index contributed by atoms with van der Waals surface area (Å²) in [5, 5.41) is 3.05. The third kappa shape index (κ3) is 6.11. The molecule has 0 aliphatic heterocycles. The van der Waals surface area contributed by atoms with Crippen LogP contribution in [0.15, 0.2) is 41.7 Å². The maximum absolute atomic E-state index is 12.8. The Labute approximate surface area is 169 Å². The number of hydrogen-bond donors (Lipinski definition) is 1. The molecular weight excluding hydrogens is 455 g/mol. The van der Waals surface area contributed by atoms with Gasteiger partial charge in [0.1, 0.15) is 11.6 Å². The minimum absolute atomic E-state index is 0. The second-order valence-corrected chi connectivity index (χ2v) is 5.36. The molecule has 0 fully saturated rings. The average molecular weight is 479 g/mol. The van der Waals surface area contributed by atoms with Crippen LogP contribution in [0.2, 0.25) is 0 Å². The van der Waals surface area contributed by atoms with Crippen molar-refractivity contribution in [3.8, 4) is 5.75 Å². The van der Waals surface area contributed by atoms with Crippen LogP contribution in [0.5, 0.6) is 5.75 Å². The highest BCUT2D eigenvalue weighted by molar-refractivity contribution is 14.0. The molecule has 144 valence electrons. The number of halogens is 3. The monoisotopic (exact) mass is 479 g/mol. The molecule has 0 saturated carbocycles. The van der Waals surface area contributed by atoms with Gasteiger partial charge in [-0.05, 0) is 24.6 Å². The van der Waals surface area contributed by atoms with Crippen LogP contribution in [0.25, 0.3) is 0 Å². The molecule has 0 bridgehead atoms. The molecule has 0 unspecified atom stereocenters. The summed E-state index contributed by atoms with van der Waals surface area (Å²) >= 11 is 0. The topological polar surface area (TPSA) is 54.7 Å². The van der Waals surface area contributed by atoms with E-state index in [2.05, 4.69) is 15.3 Å². The zero-order chi connectivity index (χ0) is 18.2. The van der Waals surface area contributed by atoms with Crippen molar-refractivity contribution < 1.29 is 13.5 Å². The highest BCUT2D eigenvalue weighted by atomic mass is 127. The number of hydrogen-bond acceptors (Lipinski definition) is 3. The van der Waals surface area contributed by atoms with E-state index in [-0.39, 0.29) is 36.3 Å². The zero-order valence-corrected chi connectivity index (χ0v) is 17.4. The third-order valence-corrected chi connectivity index (χ3v) is 3.59. The zero-order valence-electron chi connectivity index (χ0n) is 15.0. The van der Waals surface area contributed by atoms with Gasteiger partial charge in [-0.15, -0.1) is 24.0 Å². The van der Waals surface area contributed by atoms with Crippen molar-refractivity contribution in [3.63, 3.8) is 0 Å². The molecule has 0 aliphatic carbocycles. The number of alkyl halides is 2. The molecule has 0 radical (unpaired) electrons. The second-order valence-electron chi connectivity index (χ2n) is 5.36. The number of nitrogens with one attached hydrogen (secondary N) is 1. The largest absolute Gasteiger partial charge is 0.494 e. The van der Waals surface area contributed by atoms with Crippen LogP contribution in [0.1, 0.15) is 24.9 Å². The number of rotatable bonds is 7. The Morgan fingerprint density at radius 3 is 2.62 bits per heavy atom. The lowest BCUT2D eigenvalue weighted by molar-refractivity contribution is 0.0668. The molecule has 0 spiro atoms. The highest BCUT2D eigenvalue weighted by Gasteiger charge is 2.13. The van der Waals surface area contributed by atoms with E-state index < -0.39 is 6.55 Å². The lowest BCUT2D eigenvalue weighted by atomic mass is 10.2. The molecule has 1 heterocycles. The second kappa shape index (κ2) is 10.9.